The van der Waals surface area contributed by atoms with Crippen LogP contribution in [0.2, 0.25) is 0 Å². The molecule has 0 spiro atoms. The number of carbonyl (C=O) groups excluding carboxylic acids is 3. The third kappa shape index (κ3) is 9.41. The van der Waals surface area contributed by atoms with Gasteiger partial charge in [-0.2, -0.15) is 0 Å². The first-order valence-corrected chi connectivity index (χ1v) is 17.5. The number of aromatic nitrogens is 1. The molecular formula is C39H52N4O5. The van der Waals surface area contributed by atoms with Crippen LogP contribution < -0.4 is 10.6 Å². The van der Waals surface area contributed by atoms with E-state index in [0.717, 1.165) is 31.4 Å². The number of fused-ring (bicyclic) bond motifs is 1. The van der Waals surface area contributed by atoms with E-state index in [0.29, 0.717) is 53.3 Å². The summed E-state index contributed by atoms with van der Waals surface area (Å²) >= 11 is 0. The standard InChI is InChI=1S/C39H52N4O5/c1-25-33(41-26(2)48-25)22-40-37(46)30-17-11-16-29(19-30)35(44)21-32(18-27-12-7-6-8-13-27)36(45)24-43-23-31-15-10-9-14-28(31)20-34(43)38(47)42-39(3,4)5/h6-8,11-13,16-17,19,28,31-32,34,36,45H,9-10,14-15,18,20-24H2,1-5H3,(H,40,46)(H,42,47)/t28-,31+,32+,34-,36+/m0/s1. The van der Waals surface area contributed by atoms with E-state index in [1.54, 1.807) is 38.1 Å². The number of aliphatic hydroxyl groups excluding tert-OH is 1. The molecule has 2 amide bonds. The second-order valence-electron chi connectivity index (χ2n) is 14.9. The number of nitrogens with one attached hydrogen (secondary N) is 2. The topological polar surface area (TPSA) is 125 Å². The number of likely N-dealkylation sites (tertiary alicyclic amines) is 1. The van der Waals surface area contributed by atoms with Crippen molar-refractivity contribution in [2.75, 3.05) is 13.1 Å². The van der Waals surface area contributed by atoms with Crippen LogP contribution in [0.3, 0.4) is 0 Å². The number of benzene rings is 2. The molecule has 2 aliphatic rings. The minimum absolute atomic E-state index is 0.0124. The van der Waals surface area contributed by atoms with E-state index in [9.17, 15) is 19.5 Å². The lowest BCUT2D eigenvalue weighted by Gasteiger charge is -2.47. The van der Waals surface area contributed by atoms with Gasteiger partial charge in [0.05, 0.1) is 18.7 Å². The highest BCUT2D eigenvalue weighted by atomic mass is 16.4. The van der Waals surface area contributed by atoms with E-state index in [2.05, 4.69) is 20.5 Å². The molecule has 1 aliphatic heterocycles. The predicted octanol–water partition coefficient (Wildman–Crippen LogP) is 5.81. The maximum atomic E-state index is 13.8. The molecule has 1 aliphatic carbocycles. The van der Waals surface area contributed by atoms with E-state index in [1.807, 2.05) is 51.1 Å². The van der Waals surface area contributed by atoms with Gasteiger partial charge in [-0.25, -0.2) is 4.98 Å². The lowest BCUT2D eigenvalue weighted by Crippen LogP contribution is -2.59. The summed E-state index contributed by atoms with van der Waals surface area (Å²) in [6.45, 7) is 10.9. The van der Waals surface area contributed by atoms with Crippen molar-refractivity contribution < 1.29 is 23.9 Å². The predicted molar refractivity (Wildman–Crippen MR) is 186 cm³/mol. The van der Waals surface area contributed by atoms with Crippen molar-refractivity contribution in [1.29, 1.82) is 0 Å². The Balaban J connectivity index is 1.31. The minimum Gasteiger partial charge on any atom is -0.446 e. The fourth-order valence-electron chi connectivity index (χ4n) is 7.47. The first-order chi connectivity index (χ1) is 22.9. The van der Waals surface area contributed by atoms with Gasteiger partial charge in [0, 0.05) is 43.1 Å². The van der Waals surface area contributed by atoms with Crippen molar-refractivity contribution in [1.82, 2.24) is 20.5 Å². The monoisotopic (exact) mass is 656 g/mol. The van der Waals surface area contributed by atoms with Crippen LogP contribution in [0, 0.1) is 31.6 Å². The van der Waals surface area contributed by atoms with E-state index in [1.165, 1.54) is 12.8 Å². The first kappa shape index (κ1) is 35.5. The molecule has 5 rings (SSSR count). The number of β-amino-alcohol motifs (C(OH)–C–C–N with tert-alkyl or cyclic N) is 1. The zero-order valence-electron chi connectivity index (χ0n) is 29.1. The first-order valence-electron chi connectivity index (χ1n) is 17.5. The molecule has 2 fully saturated rings. The summed E-state index contributed by atoms with van der Waals surface area (Å²) in [6, 6.07) is 16.3. The lowest BCUT2D eigenvalue weighted by molar-refractivity contribution is -0.132. The molecule has 3 aromatic rings. The van der Waals surface area contributed by atoms with Crippen molar-refractivity contribution in [3.63, 3.8) is 0 Å². The summed E-state index contributed by atoms with van der Waals surface area (Å²) in [4.78, 5) is 46.9. The second kappa shape index (κ2) is 15.6. The minimum atomic E-state index is -0.833. The highest BCUT2D eigenvalue weighted by molar-refractivity contribution is 6.00. The number of amides is 2. The Morgan fingerprint density at radius 2 is 1.71 bits per heavy atom. The number of nitrogens with zero attached hydrogens (tertiary/aromatic N) is 2. The van der Waals surface area contributed by atoms with Crippen molar-refractivity contribution in [3.8, 4) is 0 Å². The smallest absolute Gasteiger partial charge is 0.251 e. The van der Waals surface area contributed by atoms with Gasteiger partial charge < -0.3 is 20.2 Å². The fourth-order valence-corrected chi connectivity index (χ4v) is 7.47. The van der Waals surface area contributed by atoms with Gasteiger partial charge in [0.1, 0.15) is 11.5 Å². The molecule has 0 unspecified atom stereocenters. The van der Waals surface area contributed by atoms with Gasteiger partial charge >= 0.3 is 0 Å². The molecule has 2 aromatic carbocycles. The van der Waals surface area contributed by atoms with Gasteiger partial charge in [0.25, 0.3) is 5.91 Å². The maximum absolute atomic E-state index is 13.8. The van der Waals surface area contributed by atoms with Crippen LogP contribution in [-0.2, 0) is 17.8 Å². The zero-order valence-corrected chi connectivity index (χ0v) is 29.1. The second-order valence-corrected chi connectivity index (χ2v) is 14.9. The Bertz CT molecular complexity index is 1560. The van der Waals surface area contributed by atoms with Gasteiger partial charge in [-0.05, 0) is 82.4 Å². The molecule has 1 aromatic heterocycles. The number of aryl methyl sites for hydroxylation is 2. The summed E-state index contributed by atoms with van der Waals surface area (Å²) in [5, 5.41) is 17.9. The molecular weight excluding hydrogens is 604 g/mol. The van der Waals surface area contributed by atoms with Crippen LogP contribution in [0.5, 0.6) is 0 Å². The van der Waals surface area contributed by atoms with Crippen molar-refractivity contribution in [3.05, 3.63) is 88.6 Å². The van der Waals surface area contributed by atoms with Gasteiger partial charge in [-0.3, -0.25) is 19.3 Å². The lowest BCUT2D eigenvalue weighted by atomic mass is 9.72. The quantitative estimate of drug-likeness (QED) is 0.210. The number of piperidine rings is 1. The molecule has 1 saturated heterocycles. The van der Waals surface area contributed by atoms with E-state index in [4.69, 9.17) is 4.42 Å². The number of hydrogen-bond donors (Lipinski definition) is 3. The molecule has 0 bridgehead atoms. The molecule has 3 N–H and O–H groups in total. The normalized spacial score (nSPS) is 21.2. The molecule has 2 heterocycles. The maximum Gasteiger partial charge on any atom is 0.251 e. The SMILES string of the molecule is Cc1nc(CNC(=O)c2cccc(C(=O)C[C@@H](Cc3ccccc3)[C@H](O)CN3C[C@H]4CCCC[C@H]4C[C@H]3C(=O)NC(C)(C)C)c2)c(C)o1. The number of Topliss-reactive ketones (excluding diaryl/α,β-unsaturated/α-hetero) is 1. The molecule has 5 atom stereocenters. The van der Waals surface area contributed by atoms with Crippen LogP contribution in [0.15, 0.2) is 59.0 Å². The Labute approximate surface area is 284 Å². The fraction of sp³-hybridized carbons (Fsp3) is 0.538. The third-order valence-electron chi connectivity index (χ3n) is 9.92. The van der Waals surface area contributed by atoms with Gasteiger partial charge in [0.2, 0.25) is 5.91 Å². The summed E-state index contributed by atoms with van der Waals surface area (Å²) in [6.07, 6.45) is 5.31. The van der Waals surface area contributed by atoms with Crippen LogP contribution in [0.1, 0.15) is 103 Å². The number of rotatable bonds is 12. The van der Waals surface area contributed by atoms with Crippen molar-refractivity contribution in [2.24, 2.45) is 17.8 Å². The van der Waals surface area contributed by atoms with Crippen molar-refractivity contribution in [2.45, 2.75) is 104 Å². The third-order valence-corrected chi connectivity index (χ3v) is 9.92. The van der Waals surface area contributed by atoms with Crippen LogP contribution in [-0.4, -0.2) is 63.4 Å². The Hall–Kier alpha value is -3.82. The number of ketones is 1. The molecule has 1 saturated carbocycles. The summed E-state index contributed by atoms with van der Waals surface area (Å²) < 4.78 is 5.46. The number of hydrogen-bond acceptors (Lipinski definition) is 7. The molecule has 0 radical (unpaired) electrons. The van der Waals surface area contributed by atoms with E-state index < -0.39 is 6.10 Å². The van der Waals surface area contributed by atoms with Crippen LogP contribution in [0.4, 0.5) is 0 Å². The van der Waals surface area contributed by atoms with Crippen molar-refractivity contribution >= 4 is 17.6 Å². The number of aliphatic hydroxyl groups is 1. The highest BCUT2D eigenvalue weighted by Crippen LogP contribution is 2.39. The van der Waals surface area contributed by atoms with Crippen LogP contribution in [0.25, 0.3) is 0 Å². The number of carbonyl (C=O) groups is 3. The van der Waals surface area contributed by atoms with Crippen LogP contribution >= 0.6 is 0 Å². The zero-order chi connectivity index (χ0) is 34.4. The largest absolute Gasteiger partial charge is 0.446 e. The summed E-state index contributed by atoms with van der Waals surface area (Å²) in [5.41, 5.74) is 2.14. The molecule has 48 heavy (non-hydrogen) atoms. The molecule has 9 nitrogen and oxygen atoms in total. The molecule has 258 valence electrons. The Kier molecular flexibility index (Phi) is 11.5. The average Bonchev–Trinajstić information content (AvgIpc) is 3.38. The Morgan fingerprint density at radius 1 is 1.00 bits per heavy atom. The summed E-state index contributed by atoms with van der Waals surface area (Å²) in [5.74, 6) is 1.42. The van der Waals surface area contributed by atoms with E-state index >= 15 is 0 Å². The Morgan fingerprint density at radius 3 is 2.40 bits per heavy atom. The van der Waals surface area contributed by atoms with Gasteiger partial charge in [0.15, 0.2) is 11.7 Å². The summed E-state index contributed by atoms with van der Waals surface area (Å²) in [7, 11) is 0. The average molecular weight is 657 g/mol. The van der Waals surface area contributed by atoms with Gasteiger partial charge in [-0.1, -0.05) is 61.7 Å². The van der Waals surface area contributed by atoms with E-state index in [-0.39, 0.29) is 48.1 Å². The highest BCUT2D eigenvalue weighted by Gasteiger charge is 2.41. The molecule has 9 heteroatoms. The van der Waals surface area contributed by atoms with Gasteiger partial charge in [-0.15, -0.1) is 0 Å². The number of oxazole rings is 1.